The molecular weight excluding hydrogens is 132 g/mol. The average molecular weight is 132 g/mol. The second-order valence-corrected chi connectivity index (χ2v) is 1.09. The largest absolute Gasteiger partial charge is 0.558 e. The fourth-order valence-corrected chi connectivity index (χ4v) is 0.240. The SMILES string of the molecule is O=c1ooc(=O)c(=O)o1. The summed E-state index contributed by atoms with van der Waals surface area (Å²) < 4.78 is 10.7. The van der Waals surface area contributed by atoms with Crippen molar-refractivity contribution in [1.82, 2.24) is 0 Å². The maximum Gasteiger partial charge on any atom is 0.558 e. The van der Waals surface area contributed by atoms with Crippen LogP contribution in [0, 0.1) is 0 Å². The molecule has 9 heavy (non-hydrogen) atoms. The molecule has 0 unspecified atom stereocenters. The lowest BCUT2D eigenvalue weighted by molar-refractivity contribution is -0.0299. The molecule has 0 aliphatic rings. The van der Waals surface area contributed by atoms with E-state index in [0.717, 1.165) is 0 Å². The smallest absolute Gasteiger partial charge is 0.349 e. The van der Waals surface area contributed by atoms with E-state index in [0.29, 0.717) is 0 Å². The molecule has 0 atom stereocenters. The van der Waals surface area contributed by atoms with Gasteiger partial charge >= 0.3 is 17.1 Å². The van der Waals surface area contributed by atoms with Crippen molar-refractivity contribution in [2.45, 2.75) is 0 Å². The van der Waals surface area contributed by atoms with Gasteiger partial charge in [-0.3, -0.25) is 0 Å². The fraction of sp³-hybridized carbons (Fsp3) is 0. The summed E-state index contributed by atoms with van der Waals surface area (Å²) in [6, 6.07) is 0. The molecule has 0 saturated carbocycles. The Morgan fingerprint density at radius 3 is 2.00 bits per heavy atom. The van der Waals surface area contributed by atoms with E-state index in [1.165, 1.54) is 0 Å². The van der Waals surface area contributed by atoms with E-state index in [4.69, 9.17) is 0 Å². The van der Waals surface area contributed by atoms with E-state index in [2.05, 4.69) is 13.6 Å². The molecule has 48 valence electrons. The summed E-state index contributed by atoms with van der Waals surface area (Å²) in [6.45, 7) is 0. The molecule has 1 heterocycles. The first-order chi connectivity index (χ1) is 4.20. The van der Waals surface area contributed by atoms with E-state index in [1.807, 2.05) is 0 Å². The Bertz CT molecular complexity index is 349. The predicted octanol–water partition coefficient (Wildman–Crippen LogP) is -1.45. The van der Waals surface area contributed by atoms with Crippen LogP contribution in [0.2, 0.25) is 0 Å². The highest BCUT2D eigenvalue weighted by atomic mass is 17.0. The molecule has 0 fully saturated rings. The Morgan fingerprint density at radius 1 is 0.889 bits per heavy atom. The van der Waals surface area contributed by atoms with Crippen LogP contribution in [0.5, 0.6) is 0 Å². The number of hydrogen-bond donors (Lipinski definition) is 0. The lowest BCUT2D eigenvalue weighted by Crippen LogP contribution is -2.25. The van der Waals surface area contributed by atoms with Crippen LogP contribution in [0.25, 0.3) is 0 Å². The fourth-order valence-electron chi connectivity index (χ4n) is 0.240. The van der Waals surface area contributed by atoms with Crippen molar-refractivity contribution < 1.29 is 13.6 Å². The standard InChI is InChI=1S/C3O6/c4-1-2(5)8-9-3(6)7-1. The first kappa shape index (κ1) is 5.54. The van der Waals surface area contributed by atoms with Crippen molar-refractivity contribution in [3.05, 3.63) is 31.5 Å². The zero-order valence-corrected chi connectivity index (χ0v) is 3.95. The van der Waals surface area contributed by atoms with Crippen molar-refractivity contribution >= 4 is 0 Å². The minimum atomic E-state index is -1.37. The Labute approximate surface area is 46.3 Å². The van der Waals surface area contributed by atoms with Crippen LogP contribution >= 0.6 is 0 Å². The van der Waals surface area contributed by atoms with Crippen molar-refractivity contribution in [3.63, 3.8) is 0 Å². The van der Waals surface area contributed by atoms with Gasteiger partial charge in [-0.1, -0.05) is 0 Å². The molecule has 1 rings (SSSR count). The summed E-state index contributed by atoms with van der Waals surface area (Å²) in [4.78, 5) is 29.8. The van der Waals surface area contributed by atoms with Crippen LogP contribution in [0.3, 0.4) is 0 Å². The van der Waals surface area contributed by atoms with Gasteiger partial charge in [-0.25, -0.2) is 18.7 Å². The first-order valence-corrected chi connectivity index (χ1v) is 1.85. The van der Waals surface area contributed by atoms with E-state index >= 15 is 0 Å². The first-order valence-electron chi connectivity index (χ1n) is 1.85. The highest BCUT2D eigenvalue weighted by Gasteiger charge is 1.98. The Kier molecular flexibility index (Phi) is 1.07. The number of hydrogen-bond acceptors (Lipinski definition) is 6. The van der Waals surface area contributed by atoms with Gasteiger partial charge in [0.05, 0.1) is 0 Å². The number of rotatable bonds is 0. The molecule has 0 spiro atoms. The summed E-state index contributed by atoms with van der Waals surface area (Å²) in [5, 5.41) is 0. The quantitative estimate of drug-likeness (QED) is 0.316. The van der Waals surface area contributed by atoms with E-state index < -0.39 is 17.1 Å². The molecule has 0 aromatic carbocycles. The van der Waals surface area contributed by atoms with Crippen molar-refractivity contribution in [2.24, 2.45) is 0 Å². The second kappa shape index (κ2) is 1.73. The molecule has 6 heteroatoms. The van der Waals surface area contributed by atoms with E-state index in [1.54, 1.807) is 0 Å². The van der Waals surface area contributed by atoms with Crippen LogP contribution in [0.15, 0.2) is 28.0 Å². The van der Waals surface area contributed by atoms with Gasteiger partial charge in [-0.2, -0.15) is 4.79 Å². The van der Waals surface area contributed by atoms with Gasteiger partial charge in [-0.15, -0.1) is 0 Å². The maximum absolute atomic E-state index is 10.0. The van der Waals surface area contributed by atoms with Crippen LogP contribution in [-0.4, -0.2) is 0 Å². The zero-order chi connectivity index (χ0) is 6.85. The monoisotopic (exact) mass is 132 g/mol. The molecule has 0 N–H and O–H groups in total. The third-order valence-electron chi connectivity index (χ3n) is 0.528. The molecule has 0 aliphatic carbocycles. The summed E-state index contributed by atoms with van der Waals surface area (Å²) >= 11 is 0. The minimum absolute atomic E-state index is 1.33. The molecule has 1 aromatic rings. The molecule has 0 bridgehead atoms. The third kappa shape index (κ3) is 0.958. The minimum Gasteiger partial charge on any atom is -0.349 e. The zero-order valence-electron chi connectivity index (χ0n) is 3.95. The van der Waals surface area contributed by atoms with Crippen LogP contribution in [0.1, 0.15) is 0 Å². The van der Waals surface area contributed by atoms with Crippen LogP contribution < -0.4 is 17.1 Å². The molecule has 0 saturated heterocycles. The lowest BCUT2D eigenvalue weighted by Gasteiger charge is -1.71. The Balaban J connectivity index is 3.73. The van der Waals surface area contributed by atoms with Gasteiger partial charge in [0, 0.05) is 0 Å². The average Bonchev–Trinajstić information content (AvgIpc) is 1.80. The predicted molar refractivity (Wildman–Crippen MR) is 22.0 cm³/mol. The molecule has 6 nitrogen and oxygen atoms in total. The van der Waals surface area contributed by atoms with Gasteiger partial charge in [-0.05, 0) is 0 Å². The van der Waals surface area contributed by atoms with Crippen molar-refractivity contribution in [3.8, 4) is 0 Å². The second-order valence-electron chi connectivity index (χ2n) is 1.09. The van der Waals surface area contributed by atoms with Gasteiger partial charge < -0.3 is 4.42 Å². The topological polar surface area (TPSA) is 90.6 Å². The van der Waals surface area contributed by atoms with Gasteiger partial charge in [0.2, 0.25) is 0 Å². The highest BCUT2D eigenvalue weighted by Crippen LogP contribution is 1.54. The summed E-state index contributed by atoms with van der Waals surface area (Å²) in [6.07, 6.45) is 0. The lowest BCUT2D eigenvalue weighted by atomic mass is 10.9. The van der Waals surface area contributed by atoms with Crippen LogP contribution in [-0.2, 0) is 0 Å². The van der Waals surface area contributed by atoms with E-state index in [9.17, 15) is 14.4 Å². The van der Waals surface area contributed by atoms with Crippen molar-refractivity contribution in [2.75, 3.05) is 0 Å². The molecule has 0 radical (unpaired) electrons. The normalized spacial score (nSPS) is 9.33. The van der Waals surface area contributed by atoms with Crippen molar-refractivity contribution in [1.29, 1.82) is 0 Å². The summed E-state index contributed by atoms with van der Waals surface area (Å²) in [7, 11) is 0. The third-order valence-corrected chi connectivity index (χ3v) is 0.528. The van der Waals surface area contributed by atoms with Gasteiger partial charge in [0.25, 0.3) is 0 Å². The van der Waals surface area contributed by atoms with Gasteiger partial charge in [0.1, 0.15) is 0 Å². The maximum atomic E-state index is 10.0. The van der Waals surface area contributed by atoms with E-state index in [-0.39, 0.29) is 0 Å². The molecule has 0 aliphatic heterocycles. The van der Waals surface area contributed by atoms with Crippen LogP contribution in [0.4, 0.5) is 0 Å². The molecular formula is C3O6. The summed E-state index contributed by atoms with van der Waals surface area (Å²) in [5.74, 6) is -1.33. The summed E-state index contributed by atoms with van der Waals surface area (Å²) in [5.41, 5.74) is -2.71. The Hall–Kier alpha value is -1.59. The molecule has 0 amide bonds. The molecule has 1 aromatic heterocycles. The Morgan fingerprint density at radius 2 is 1.56 bits per heavy atom. The van der Waals surface area contributed by atoms with Gasteiger partial charge in [0.15, 0.2) is 0 Å². The highest BCUT2D eigenvalue weighted by molar-refractivity contribution is 4.55.